The van der Waals surface area contributed by atoms with Crippen molar-refractivity contribution in [2.24, 2.45) is 15.0 Å². The van der Waals surface area contributed by atoms with Gasteiger partial charge in [-0.2, -0.15) is 4.99 Å². The first-order valence-corrected chi connectivity index (χ1v) is 8.05. The van der Waals surface area contributed by atoms with Gasteiger partial charge in [0.1, 0.15) is 24.7 Å². The van der Waals surface area contributed by atoms with E-state index >= 15 is 0 Å². The summed E-state index contributed by atoms with van der Waals surface area (Å²) in [6.07, 6.45) is -4.88. The lowest BCUT2D eigenvalue weighted by Crippen LogP contribution is -2.49. The number of phosphoric ester groups is 1. The molecule has 14 heteroatoms. The van der Waals surface area contributed by atoms with Gasteiger partial charge in [0.05, 0.1) is 6.61 Å². The first-order chi connectivity index (χ1) is 11.2. The number of aliphatic hydroxyl groups excluding tert-OH is 2. The average molecular weight is 361 g/mol. The number of phosphoric acid groups is 1. The Balaban J connectivity index is 1.79. The fourth-order valence-electron chi connectivity index (χ4n) is 2.37. The fourth-order valence-corrected chi connectivity index (χ4v) is 2.71. The number of aliphatic imine (C=N–C) groups is 3. The molecule has 1 saturated heterocycles. The Morgan fingerprint density at radius 2 is 2.08 bits per heavy atom. The van der Waals surface area contributed by atoms with Gasteiger partial charge in [0.2, 0.25) is 0 Å². The zero-order valence-electron chi connectivity index (χ0n) is 11.8. The van der Waals surface area contributed by atoms with Gasteiger partial charge in [0.25, 0.3) is 0 Å². The number of carbonyl (C=O) groups is 1. The van der Waals surface area contributed by atoms with Crippen molar-refractivity contribution in [1.82, 2.24) is 4.90 Å². The molecule has 3 aliphatic rings. The van der Waals surface area contributed by atoms with Gasteiger partial charge in [-0.15, -0.1) is 0 Å². The summed E-state index contributed by atoms with van der Waals surface area (Å²) in [4.78, 5) is 41.2. The van der Waals surface area contributed by atoms with Crippen LogP contribution in [0.2, 0.25) is 0 Å². The number of fused-ring (bicyclic) bond motifs is 1. The van der Waals surface area contributed by atoms with Crippen LogP contribution in [0.1, 0.15) is 0 Å². The van der Waals surface area contributed by atoms with Crippen LogP contribution in [0.5, 0.6) is 0 Å². The highest BCUT2D eigenvalue weighted by Gasteiger charge is 2.51. The molecule has 3 aliphatic heterocycles. The number of rotatable bonds is 4. The summed E-state index contributed by atoms with van der Waals surface area (Å²) < 4.78 is 20.3. The summed E-state index contributed by atoms with van der Waals surface area (Å²) in [6.45, 7) is -0.710. The predicted molar refractivity (Wildman–Crippen MR) is 77.0 cm³/mol. The number of hydrogen-bond acceptors (Lipinski definition) is 8. The van der Waals surface area contributed by atoms with Crippen molar-refractivity contribution in [3.8, 4) is 0 Å². The maximum absolute atomic E-state index is 12.0. The van der Waals surface area contributed by atoms with Crippen LogP contribution in [0.3, 0.4) is 0 Å². The smallest absolute Gasteiger partial charge is 0.387 e. The van der Waals surface area contributed by atoms with Gasteiger partial charge in [-0.05, 0) is 0 Å². The molecule has 4 atom stereocenters. The number of amides is 2. The van der Waals surface area contributed by atoms with E-state index in [-0.39, 0.29) is 17.4 Å². The number of hydrogen-bond donors (Lipinski definition) is 5. The molecule has 13 nitrogen and oxygen atoms in total. The van der Waals surface area contributed by atoms with Crippen molar-refractivity contribution in [3.63, 3.8) is 0 Å². The van der Waals surface area contributed by atoms with Gasteiger partial charge in [-0.1, -0.05) is 0 Å². The zero-order valence-corrected chi connectivity index (χ0v) is 12.6. The number of ether oxygens (including phenoxy) is 1. The molecule has 0 aromatic heterocycles. The monoisotopic (exact) mass is 361 g/mol. The van der Waals surface area contributed by atoms with E-state index in [1.807, 2.05) is 0 Å². The maximum Gasteiger partial charge on any atom is 0.469 e. The molecule has 0 bridgehead atoms. The number of urea groups is 1. The highest BCUT2D eigenvalue weighted by Crippen LogP contribution is 2.37. The molecule has 0 aromatic carbocycles. The molecule has 0 aliphatic carbocycles. The zero-order chi connectivity index (χ0) is 17.6. The quantitative estimate of drug-likeness (QED) is 0.349. The van der Waals surface area contributed by atoms with E-state index in [0.29, 0.717) is 0 Å². The summed E-state index contributed by atoms with van der Waals surface area (Å²) in [5.41, 5.74) is -0.109. The van der Waals surface area contributed by atoms with Crippen LogP contribution in [0.25, 0.3) is 0 Å². The molecule has 5 N–H and O–H groups in total. The molecule has 24 heavy (non-hydrogen) atoms. The van der Waals surface area contributed by atoms with Crippen LogP contribution in [-0.4, -0.2) is 85.8 Å². The molecule has 0 unspecified atom stereocenters. The van der Waals surface area contributed by atoms with Crippen molar-refractivity contribution >= 4 is 37.6 Å². The van der Waals surface area contributed by atoms with Crippen molar-refractivity contribution in [1.29, 1.82) is 5.41 Å². The molecular formula is C10H12N5O8P. The maximum atomic E-state index is 12.0. The second-order valence-electron chi connectivity index (χ2n) is 4.99. The van der Waals surface area contributed by atoms with E-state index in [4.69, 9.17) is 19.9 Å². The summed E-state index contributed by atoms with van der Waals surface area (Å²) in [5, 5.41) is 27.6. The molecular weight excluding hydrogens is 349 g/mol. The van der Waals surface area contributed by atoms with Crippen LogP contribution in [0, 0.1) is 5.41 Å². The first kappa shape index (κ1) is 17.0. The third-order valence-corrected chi connectivity index (χ3v) is 3.93. The van der Waals surface area contributed by atoms with E-state index in [2.05, 4.69) is 19.5 Å². The molecule has 130 valence electrons. The second kappa shape index (κ2) is 5.89. The fraction of sp³-hybridized carbons (Fsp3) is 0.500. The third kappa shape index (κ3) is 2.93. The lowest BCUT2D eigenvalue weighted by Gasteiger charge is -2.25. The lowest BCUT2D eigenvalue weighted by atomic mass is 10.1. The van der Waals surface area contributed by atoms with Crippen LogP contribution in [-0.2, 0) is 13.8 Å². The van der Waals surface area contributed by atoms with E-state index in [1.165, 1.54) is 0 Å². The molecule has 0 spiro atoms. The number of amidine groups is 2. The minimum atomic E-state index is -4.80. The highest BCUT2D eigenvalue weighted by atomic mass is 31.2. The highest BCUT2D eigenvalue weighted by molar-refractivity contribution is 7.46. The molecule has 2 amide bonds. The minimum Gasteiger partial charge on any atom is -0.387 e. The molecule has 0 aromatic rings. The third-order valence-electron chi connectivity index (χ3n) is 3.44. The molecule has 1 fully saturated rings. The Kier molecular flexibility index (Phi) is 4.17. The normalized spacial score (nSPS) is 32.9. The van der Waals surface area contributed by atoms with Gasteiger partial charge in [-0.25, -0.2) is 24.2 Å². The van der Waals surface area contributed by atoms with Gasteiger partial charge in [0, 0.05) is 0 Å². The van der Waals surface area contributed by atoms with Crippen molar-refractivity contribution in [2.45, 2.75) is 24.5 Å². The molecule has 0 saturated carbocycles. The van der Waals surface area contributed by atoms with Crippen LogP contribution < -0.4 is 0 Å². The minimum absolute atomic E-state index is 0.0761. The number of nitrogens with one attached hydrogen (secondary N) is 1. The summed E-state index contributed by atoms with van der Waals surface area (Å²) >= 11 is 0. The average Bonchev–Trinajstić information content (AvgIpc) is 2.96. The van der Waals surface area contributed by atoms with Crippen LogP contribution in [0.15, 0.2) is 15.0 Å². The standard InChI is InChI=1S/C10H12N5O8P/c11-7-4-8(13-2-12-7)15(10(18)14-4)9-6(17)5(16)3(23-9)1-22-24(19,20)21/h2-3,5-6,9,11,16-17H,1H2,(H2,19,20,21)/t3-,5-,6-,9-/m1/s1. The molecule has 0 radical (unpaired) electrons. The van der Waals surface area contributed by atoms with E-state index in [1.54, 1.807) is 0 Å². The number of nitrogens with zero attached hydrogens (tertiary/aromatic N) is 4. The van der Waals surface area contributed by atoms with Crippen molar-refractivity contribution in [3.05, 3.63) is 0 Å². The van der Waals surface area contributed by atoms with Gasteiger partial charge >= 0.3 is 13.9 Å². The van der Waals surface area contributed by atoms with E-state index in [9.17, 15) is 19.6 Å². The Morgan fingerprint density at radius 3 is 2.75 bits per heavy atom. The Labute approximate surface area is 133 Å². The van der Waals surface area contributed by atoms with Crippen LogP contribution in [0.4, 0.5) is 4.79 Å². The second-order valence-corrected chi connectivity index (χ2v) is 6.23. The molecule has 3 heterocycles. The summed E-state index contributed by atoms with van der Waals surface area (Å²) in [7, 11) is -4.80. The SMILES string of the molecule is N=C1N=CN=C2C1=NC(=O)N2[C@@H]1O[C@H](COP(=O)(O)O)[C@@H](O)[C@H]1O. The van der Waals surface area contributed by atoms with Gasteiger partial charge in [-0.3, -0.25) is 9.93 Å². The van der Waals surface area contributed by atoms with Gasteiger partial charge in [0.15, 0.2) is 23.6 Å². The topological polar surface area (TPSA) is 198 Å². The summed E-state index contributed by atoms with van der Waals surface area (Å²) in [6, 6.07) is -0.883. The van der Waals surface area contributed by atoms with E-state index < -0.39 is 45.0 Å². The van der Waals surface area contributed by atoms with Gasteiger partial charge < -0.3 is 24.7 Å². The Bertz CT molecular complexity index is 729. The largest absolute Gasteiger partial charge is 0.469 e. The predicted octanol–water partition coefficient (Wildman–Crippen LogP) is -2.16. The Hall–Kier alpha value is -1.86. The van der Waals surface area contributed by atoms with Crippen molar-refractivity contribution < 1.29 is 38.6 Å². The number of aliphatic hydroxyl groups is 2. The van der Waals surface area contributed by atoms with E-state index in [0.717, 1.165) is 11.2 Å². The van der Waals surface area contributed by atoms with Crippen LogP contribution >= 0.6 is 7.82 Å². The first-order valence-electron chi connectivity index (χ1n) is 6.52. The number of carbonyl (C=O) groups excluding carboxylic acids is 1. The van der Waals surface area contributed by atoms with Crippen molar-refractivity contribution in [2.75, 3.05) is 6.61 Å². The Morgan fingerprint density at radius 1 is 1.38 bits per heavy atom. The molecule has 3 rings (SSSR count). The summed E-state index contributed by atoms with van der Waals surface area (Å²) in [5.74, 6) is -0.377. The lowest BCUT2D eigenvalue weighted by molar-refractivity contribution is -0.0557.